The van der Waals surface area contributed by atoms with Crippen LogP contribution in [0.3, 0.4) is 0 Å². The zero-order valence-electron chi connectivity index (χ0n) is 10.0. The van der Waals surface area contributed by atoms with Gasteiger partial charge in [-0.05, 0) is 19.1 Å². The van der Waals surface area contributed by atoms with E-state index in [4.69, 9.17) is 0 Å². The summed E-state index contributed by atoms with van der Waals surface area (Å²) in [5.41, 5.74) is 0.779. The molecule has 1 heterocycles. The number of para-hydroxylation sites is 1. The molecule has 0 atom stereocenters. The summed E-state index contributed by atoms with van der Waals surface area (Å²) in [5.74, 6) is 0. The largest absolute Gasteiger partial charge is 0.337 e. The molecule has 2 amide bonds. The molecule has 1 aromatic heterocycles. The van der Waals surface area contributed by atoms with Gasteiger partial charge in [0, 0.05) is 18.7 Å². The lowest BCUT2D eigenvalue weighted by Gasteiger charge is -2.06. The number of nitrogens with one attached hydrogen (secondary N) is 2. The van der Waals surface area contributed by atoms with E-state index in [1.54, 1.807) is 11.3 Å². The van der Waals surface area contributed by atoms with E-state index in [2.05, 4.69) is 20.8 Å². The number of hydrogen-bond acceptors (Lipinski definition) is 4. The van der Waals surface area contributed by atoms with E-state index in [0.717, 1.165) is 15.7 Å². The van der Waals surface area contributed by atoms with Crippen LogP contribution in [0.2, 0.25) is 0 Å². The Balaban J connectivity index is 1.72. The minimum Gasteiger partial charge on any atom is -0.337 e. The van der Waals surface area contributed by atoms with Gasteiger partial charge in [0.1, 0.15) is 10.0 Å². The van der Waals surface area contributed by atoms with E-state index in [0.29, 0.717) is 13.0 Å². The molecule has 18 heavy (non-hydrogen) atoms. The fourth-order valence-electron chi connectivity index (χ4n) is 1.42. The number of aromatic nitrogens is 2. The lowest BCUT2D eigenvalue weighted by atomic mass is 10.3. The second-order valence-corrected chi connectivity index (χ2v) is 4.98. The molecule has 0 bridgehead atoms. The van der Waals surface area contributed by atoms with Crippen LogP contribution >= 0.6 is 11.3 Å². The molecule has 0 aliphatic rings. The summed E-state index contributed by atoms with van der Waals surface area (Å²) < 4.78 is 0. The Hall–Kier alpha value is -1.95. The van der Waals surface area contributed by atoms with Crippen molar-refractivity contribution in [2.45, 2.75) is 13.3 Å². The number of benzene rings is 1. The first-order valence-electron chi connectivity index (χ1n) is 5.63. The Labute approximate surface area is 109 Å². The molecule has 2 aromatic rings. The fraction of sp³-hybridized carbons (Fsp3) is 0.250. The molecule has 0 spiro atoms. The van der Waals surface area contributed by atoms with Crippen molar-refractivity contribution < 1.29 is 4.79 Å². The molecule has 0 aliphatic heterocycles. The highest BCUT2D eigenvalue weighted by Crippen LogP contribution is 2.08. The second-order valence-electron chi connectivity index (χ2n) is 3.71. The number of amides is 2. The van der Waals surface area contributed by atoms with E-state index in [1.165, 1.54) is 0 Å². The zero-order chi connectivity index (χ0) is 12.8. The van der Waals surface area contributed by atoms with Gasteiger partial charge in [0.15, 0.2) is 0 Å². The van der Waals surface area contributed by atoms with Gasteiger partial charge in [-0.1, -0.05) is 18.2 Å². The number of carbonyl (C=O) groups excluding carboxylic acids is 1. The number of hydrogen-bond donors (Lipinski definition) is 2. The van der Waals surface area contributed by atoms with Crippen LogP contribution in [0, 0.1) is 6.92 Å². The third-order valence-electron chi connectivity index (χ3n) is 2.22. The van der Waals surface area contributed by atoms with Gasteiger partial charge >= 0.3 is 6.03 Å². The topological polar surface area (TPSA) is 66.9 Å². The molecule has 0 radical (unpaired) electrons. The summed E-state index contributed by atoms with van der Waals surface area (Å²) >= 11 is 1.55. The first-order valence-corrected chi connectivity index (χ1v) is 6.44. The normalized spacial score (nSPS) is 10.1. The van der Waals surface area contributed by atoms with Crippen molar-refractivity contribution in [2.24, 2.45) is 0 Å². The first-order chi connectivity index (χ1) is 8.74. The van der Waals surface area contributed by atoms with E-state index in [1.807, 2.05) is 37.3 Å². The van der Waals surface area contributed by atoms with Crippen molar-refractivity contribution in [3.8, 4) is 0 Å². The molecule has 0 aliphatic carbocycles. The van der Waals surface area contributed by atoms with Crippen LogP contribution < -0.4 is 10.6 Å². The van der Waals surface area contributed by atoms with Crippen molar-refractivity contribution in [3.63, 3.8) is 0 Å². The average Bonchev–Trinajstić information content (AvgIpc) is 2.76. The zero-order valence-corrected chi connectivity index (χ0v) is 10.8. The van der Waals surface area contributed by atoms with E-state index in [-0.39, 0.29) is 6.03 Å². The number of carbonyl (C=O) groups is 1. The maximum Gasteiger partial charge on any atom is 0.319 e. The van der Waals surface area contributed by atoms with Gasteiger partial charge in [-0.3, -0.25) is 0 Å². The predicted molar refractivity (Wildman–Crippen MR) is 71.8 cm³/mol. The number of urea groups is 1. The molecule has 6 heteroatoms. The molecule has 2 rings (SSSR count). The van der Waals surface area contributed by atoms with Crippen LogP contribution in [-0.4, -0.2) is 22.8 Å². The standard InChI is InChI=1S/C12H14N4OS/c1-9-15-16-11(18-9)7-8-13-12(17)14-10-5-3-2-4-6-10/h2-6H,7-8H2,1H3,(H2,13,14,17). The minimum atomic E-state index is -0.206. The number of nitrogens with zero attached hydrogens (tertiary/aromatic N) is 2. The molecule has 0 saturated heterocycles. The van der Waals surface area contributed by atoms with E-state index >= 15 is 0 Å². The summed E-state index contributed by atoms with van der Waals surface area (Å²) in [6.07, 6.45) is 0.702. The van der Waals surface area contributed by atoms with Gasteiger partial charge in [-0.15, -0.1) is 21.5 Å². The Morgan fingerprint density at radius 1 is 1.28 bits per heavy atom. The van der Waals surface area contributed by atoms with Gasteiger partial charge in [-0.25, -0.2) is 4.79 Å². The van der Waals surface area contributed by atoms with Crippen LogP contribution in [0.25, 0.3) is 0 Å². The van der Waals surface area contributed by atoms with E-state index < -0.39 is 0 Å². The molecular formula is C12H14N4OS. The Bertz CT molecular complexity index is 512. The highest BCUT2D eigenvalue weighted by molar-refractivity contribution is 7.11. The summed E-state index contributed by atoms with van der Waals surface area (Å²) in [4.78, 5) is 11.6. The monoisotopic (exact) mass is 262 g/mol. The Morgan fingerprint density at radius 2 is 2.06 bits per heavy atom. The van der Waals surface area contributed by atoms with Crippen LogP contribution in [0.15, 0.2) is 30.3 Å². The fourth-order valence-corrected chi connectivity index (χ4v) is 2.13. The van der Waals surface area contributed by atoms with Crippen molar-refractivity contribution in [1.29, 1.82) is 0 Å². The minimum absolute atomic E-state index is 0.206. The second kappa shape index (κ2) is 6.11. The molecule has 0 fully saturated rings. The number of aryl methyl sites for hydroxylation is 1. The van der Waals surface area contributed by atoms with Gasteiger partial charge in [0.2, 0.25) is 0 Å². The number of anilines is 1. The first kappa shape index (κ1) is 12.5. The van der Waals surface area contributed by atoms with Gasteiger partial charge < -0.3 is 10.6 Å². The lowest BCUT2D eigenvalue weighted by molar-refractivity contribution is 0.252. The molecule has 1 aromatic carbocycles. The predicted octanol–water partition coefficient (Wildman–Crippen LogP) is 2.21. The molecule has 5 nitrogen and oxygen atoms in total. The summed E-state index contributed by atoms with van der Waals surface area (Å²) in [6.45, 7) is 2.46. The van der Waals surface area contributed by atoms with Gasteiger partial charge in [0.05, 0.1) is 0 Å². The van der Waals surface area contributed by atoms with Gasteiger partial charge in [-0.2, -0.15) is 0 Å². The summed E-state index contributed by atoms with van der Waals surface area (Å²) in [5, 5.41) is 15.3. The third-order valence-corrected chi connectivity index (χ3v) is 3.12. The average molecular weight is 262 g/mol. The Kier molecular flexibility index (Phi) is 4.25. The van der Waals surface area contributed by atoms with Crippen molar-refractivity contribution >= 4 is 23.1 Å². The molecule has 0 unspecified atom stereocenters. The summed E-state index contributed by atoms with van der Waals surface area (Å²) in [7, 11) is 0. The molecule has 0 saturated carbocycles. The van der Waals surface area contributed by atoms with Crippen LogP contribution in [-0.2, 0) is 6.42 Å². The van der Waals surface area contributed by atoms with E-state index in [9.17, 15) is 4.79 Å². The highest BCUT2D eigenvalue weighted by atomic mass is 32.1. The van der Waals surface area contributed by atoms with Crippen LogP contribution in [0.1, 0.15) is 10.0 Å². The quantitative estimate of drug-likeness (QED) is 0.887. The van der Waals surface area contributed by atoms with Crippen LogP contribution in [0.5, 0.6) is 0 Å². The third kappa shape index (κ3) is 3.81. The molecule has 2 N–H and O–H groups in total. The Morgan fingerprint density at radius 3 is 2.72 bits per heavy atom. The van der Waals surface area contributed by atoms with Gasteiger partial charge in [0.25, 0.3) is 0 Å². The summed E-state index contributed by atoms with van der Waals surface area (Å²) in [6, 6.07) is 9.13. The highest BCUT2D eigenvalue weighted by Gasteiger charge is 2.03. The maximum absolute atomic E-state index is 11.6. The number of rotatable bonds is 4. The van der Waals surface area contributed by atoms with Crippen molar-refractivity contribution in [1.82, 2.24) is 15.5 Å². The molecule has 94 valence electrons. The lowest BCUT2D eigenvalue weighted by Crippen LogP contribution is -2.30. The SMILES string of the molecule is Cc1nnc(CCNC(=O)Nc2ccccc2)s1. The van der Waals surface area contributed by atoms with Crippen molar-refractivity contribution in [2.75, 3.05) is 11.9 Å². The van der Waals surface area contributed by atoms with Crippen LogP contribution in [0.4, 0.5) is 10.5 Å². The smallest absolute Gasteiger partial charge is 0.319 e. The maximum atomic E-state index is 11.6. The van der Waals surface area contributed by atoms with Crippen molar-refractivity contribution in [3.05, 3.63) is 40.3 Å². The molecular weight excluding hydrogens is 248 g/mol.